The molecule has 0 aromatic carbocycles. The first-order chi connectivity index (χ1) is 10.0. The highest BCUT2D eigenvalue weighted by Gasteiger charge is 2.47. The number of ether oxygens (including phenoxy) is 1. The van der Waals surface area contributed by atoms with Crippen molar-refractivity contribution in [2.45, 2.75) is 30.6 Å². The van der Waals surface area contributed by atoms with Gasteiger partial charge in [0, 0.05) is 6.20 Å². The van der Waals surface area contributed by atoms with E-state index in [1.807, 2.05) is 0 Å². The number of rotatable bonds is 2. The van der Waals surface area contributed by atoms with Crippen LogP contribution in [-0.4, -0.2) is 75.5 Å². The highest BCUT2D eigenvalue weighted by molar-refractivity contribution is 6.25. The molecule has 0 amide bonds. The second kappa shape index (κ2) is 5.16. The quantitative estimate of drug-likeness (QED) is 0.333. The summed E-state index contributed by atoms with van der Waals surface area (Å²) in [5, 5.41) is 30.1. The SMILES string of the molecule is NC1=NC([C@@H]2O[C@H](CO)[C@@H](O)[C@H]2O)N=C2C1=CN=CN2N. The molecule has 5 atom stereocenters. The normalized spacial score (nSPS) is 38.8. The van der Waals surface area contributed by atoms with Gasteiger partial charge in [-0.05, 0) is 0 Å². The predicted octanol–water partition coefficient (Wildman–Crippen LogP) is -3.34. The maximum Gasteiger partial charge on any atom is 0.172 e. The van der Waals surface area contributed by atoms with Crippen LogP contribution >= 0.6 is 0 Å². The van der Waals surface area contributed by atoms with Crippen molar-refractivity contribution in [1.29, 1.82) is 0 Å². The van der Waals surface area contributed by atoms with Gasteiger partial charge >= 0.3 is 0 Å². The lowest BCUT2D eigenvalue weighted by Crippen LogP contribution is -2.47. The summed E-state index contributed by atoms with van der Waals surface area (Å²) in [4.78, 5) is 12.3. The van der Waals surface area contributed by atoms with Gasteiger partial charge in [-0.1, -0.05) is 0 Å². The number of hydrogen-bond donors (Lipinski definition) is 5. The van der Waals surface area contributed by atoms with Crippen molar-refractivity contribution >= 4 is 18.0 Å². The highest BCUT2D eigenvalue weighted by atomic mass is 16.6. The number of nitrogens with two attached hydrogens (primary N) is 2. The maximum atomic E-state index is 10.0. The standard InChI is InChI=1S/C11H16N6O4/c12-9-4-1-14-3-17(13)11(4)16-10(15-9)8-7(20)6(19)5(2-18)21-8/h1,3,5-8,10,18-20H,2,13H2,(H2,12,15)/t5-,6-,7-,8-,10?/m1/s1. The van der Waals surface area contributed by atoms with E-state index >= 15 is 0 Å². The van der Waals surface area contributed by atoms with Gasteiger partial charge in [-0.2, -0.15) is 0 Å². The Morgan fingerprint density at radius 3 is 2.71 bits per heavy atom. The zero-order chi connectivity index (χ0) is 15.1. The number of hydrazine groups is 1. The van der Waals surface area contributed by atoms with Gasteiger partial charge in [-0.15, -0.1) is 0 Å². The van der Waals surface area contributed by atoms with Crippen molar-refractivity contribution in [2.75, 3.05) is 6.61 Å². The van der Waals surface area contributed by atoms with E-state index in [1.54, 1.807) is 0 Å². The second-order valence-electron chi connectivity index (χ2n) is 4.90. The first-order valence-electron chi connectivity index (χ1n) is 6.34. The zero-order valence-electron chi connectivity index (χ0n) is 10.9. The molecule has 0 aromatic rings. The lowest BCUT2D eigenvalue weighted by atomic mass is 10.1. The van der Waals surface area contributed by atoms with Crippen LogP contribution in [-0.2, 0) is 4.74 Å². The zero-order valence-corrected chi connectivity index (χ0v) is 10.9. The summed E-state index contributed by atoms with van der Waals surface area (Å²) in [5.74, 6) is 6.25. The number of aliphatic imine (C=N–C) groups is 3. The molecule has 7 N–H and O–H groups in total. The van der Waals surface area contributed by atoms with Gasteiger partial charge in [-0.25, -0.2) is 20.8 Å². The fourth-order valence-corrected chi connectivity index (χ4v) is 2.44. The van der Waals surface area contributed by atoms with Crippen LogP contribution in [0.2, 0.25) is 0 Å². The first-order valence-corrected chi connectivity index (χ1v) is 6.34. The van der Waals surface area contributed by atoms with Crippen LogP contribution in [0.25, 0.3) is 0 Å². The molecule has 0 aliphatic carbocycles. The maximum absolute atomic E-state index is 10.0. The Morgan fingerprint density at radius 2 is 2.05 bits per heavy atom. The summed E-state index contributed by atoms with van der Waals surface area (Å²) < 4.78 is 5.41. The summed E-state index contributed by atoms with van der Waals surface area (Å²) in [6, 6.07) is 0. The molecule has 3 heterocycles. The van der Waals surface area contributed by atoms with Crippen LogP contribution < -0.4 is 11.6 Å². The Morgan fingerprint density at radius 1 is 1.29 bits per heavy atom. The minimum atomic E-state index is -1.23. The molecule has 0 aromatic heterocycles. The average molecular weight is 296 g/mol. The molecule has 3 rings (SSSR count). The van der Waals surface area contributed by atoms with Crippen molar-refractivity contribution in [3.05, 3.63) is 11.8 Å². The molecule has 10 heteroatoms. The Hall–Kier alpha value is -1.85. The van der Waals surface area contributed by atoms with Crippen LogP contribution in [0.1, 0.15) is 0 Å². The molecule has 1 unspecified atom stereocenters. The van der Waals surface area contributed by atoms with Crippen LogP contribution in [0.3, 0.4) is 0 Å². The van der Waals surface area contributed by atoms with Gasteiger partial charge < -0.3 is 25.8 Å². The molecule has 1 fully saturated rings. The first kappa shape index (κ1) is 14.1. The summed E-state index contributed by atoms with van der Waals surface area (Å²) in [6.07, 6.45) is -2.28. The Bertz CT molecular complexity index is 559. The summed E-state index contributed by atoms with van der Waals surface area (Å²) in [5.41, 5.74) is 6.33. The van der Waals surface area contributed by atoms with Crippen molar-refractivity contribution in [1.82, 2.24) is 5.01 Å². The molecule has 3 aliphatic heterocycles. The van der Waals surface area contributed by atoms with E-state index in [1.165, 1.54) is 17.5 Å². The van der Waals surface area contributed by atoms with Crippen molar-refractivity contribution in [3.8, 4) is 0 Å². The summed E-state index contributed by atoms with van der Waals surface area (Å²) in [7, 11) is 0. The fraction of sp³-hybridized carbons (Fsp3) is 0.545. The Kier molecular flexibility index (Phi) is 3.47. The van der Waals surface area contributed by atoms with Gasteiger partial charge in [0.05, 0.1) is 12.2 Å². The van der Waals surface area contributed by atoms with Gasteiger partial charge in [0.1, 0.15) is 36.6 Å². The minimum Gasteiger partial charge on any atom is -0.394 e. The summed E-state index contributed by atoms with van der Waals surface area (Å²) in [6.45, 7) is -0.419. The fourth-order valence-electron chi connectivity index (χ4n) is 2.44. The van der Waals surface area contributed by atoms with Crippen LogP contribution in [0, 0.1) is 0 Å². The van der Waals surface area contributed by atoms with Crippen molar-refractivity contribution in [3.63, 3.8) is 0 Å². The number of aliphatic hydroxyl groups excluding tert-OH is 3. The van der Waals surface area contributed by atoms with Crippen LogP contribution in [0.4, 0.5) is 0 Å². The third-order valence-corrected chi connectivity index (χ3v) is 3.56. The molecule has 0 spiro atoms. The molecule has 21 heavy (non-hydrogen) atoms. The highest BCUT2D eigenvalue weighted by Crippen LogP contribution is 2.28. The molecule has 10 nitrogen and oxygen atoms in total. The lowest BCUT2D eigenvalue weighted by molar-refractivity contribution is -0.0283. The van der Waals surface area contributed by atoms with E-state index in [0.717, 1.165) is 0 Å². The van der Waals surface area contributed by atoms with Gasteiger partial charge in [-0.3, -0.25) is 5.01 Å². The molecular formula is C11H16N6O4. The molecule has 0 saturated carbocycles. The lowest BCUT2D eigenvalue weighted by Gasteiger charge is -2.28. The van der Waals surface area contributed by atoms with Crippen LogP contribution in [0.15, 0.2) is 26.8 Å². The molecule has 0 radical (unpaired) electrons. The minimum absolute atomic E-state index is 0.162. The molecule has 0 bridgehead atoms. The van der Waals surface area contributed by atoms with E-state index in [-0.39, 0.29) is 5.84 Å². The Labute approximate surface area is 119 Å². The van der Waals surface area contributed by atoms with Gasteiger partial charge in [0.15, 0.2) is 12.0 Å². The van der Waals surface area contributed by atoms with Crippen molar-refractivity contribution in [2.24, 2.45) is 26.6 Å². The van der Waals surface area contributed by atoms with E-state index in [2.05, 4.69) is 15.0 Å². The largest absolute Gasteiger partial charge is 0.394 e. The van der Waals surface area contributed by atoms with E-state index in [4.69, 9.17) is 21.4 Å². The molecule has 1 saturated heterocycles. The van der Waals surface area contributed by atoms with Gasteiger partial charge in [0.2, 0.25) is 0 Å². The number of nitrogens with zero attached hydrogens (tertiary/aromatic N) is 4. The number of hydrogen-bond acceptors (Lipinski definition) is 10. The molecule has 114 valence electrons. The number of aliphatic hydroxyl groups is 3. The van der Waals surface area contributed by atoms with E-state index < -0.39 is 37.2 Å². The third-order valence-electron chi connectivity index (χ3n) is 3.56. The topological polar surface area (TPSA) is 162 Å². The second-order valence-corrected chi connectivity index (χ2v) is 4.90. The number of amidine groups is 2. The monoisotopic (exact) mass is 296 g/mol. The van der Waals surface area contributed by atoms with E-state index in [9.17, 15) is 10.2 Å². The van der Waals surface area contributed by atoms with Gasteiger partial charge in [0.25, 0.3) is 0 Å². The predicted molar refractivity (Wildman–Crippen MR) is 73.2 cm³/mol. The average Bonchev–Trinajstić information content (AvgIpc) is 2.76. The van der Waals surface area contributed by atoms with E-state index in [0.29, 0.717) is 11.4 Å². The molecular weight excluding hydrogens is 280 g/mol. The molecule has 3 aliphatic rings. The summed E-state index contributed by atoms with van der Waals surface area (Å²) >= 11 is 0. The smallest absolute Gasteiger partial charge is 0.172 e. The van der Waals surface area contributed by atoms with Crippen LogP contribution in [0.5, 0.6) is 0 Å². The number of fused-ring (bicyclic) bond motifs is 1. The Balaban J connectivity index is 1.89. The van der Waals surface area contributed by atoms with Crippen molar-refractivity contribution < 1.29 is 20.1 Å². The third kappa shape index (κ3) is 2.22.